The molecule has 0 aromatic carbocycles. The minimum atomic E-state index is -0.586. The molecule has 0 aromatic heterocycles. The van der Waals surface area contributed by atoms with E-state index in [0.717, 1.165) is 12.8 Å². The van der Waals surface area contributed by atoms with E-state index in [1.807, 2.05) is 0 Å². The Hall–Kier alpha value is -1.10. The van der Waals surface area contributed by atoms with Crippen LogP contribution in [0.25, 0.3) is 0 Å². The molecule has 0 bridgehead atoms. The van der Waals surface area contributed by atoms with Crippen LogP contribution in [0, 0.1) is 0 Å². The molecule has 1 heterocycles. The van der Waals surface area contributed by atoms with Crippen molar-refractivity contribution in [1.82, 2.24) is 5.32 Å². The van der Waals surface area contributed by atoms with Crippen molar-refractivity contribution in [1.29, 1.82) is 0 Å². The van der Waals surface area contributed by atoms with Crippen molar-refractivity contribution in [3.63, 3.8) is 0 Å². The monoisotopic (exact) mass is 215 g/mol. The Bertz CT molecular complexity index is 236. The van der Waals surface area contributed by atoms with Crippen molar-refractivity contribution in [3.8, 4) is 0 Å². The van der Waals surface area contributed by atoms with Crippen molar-refractivity contribution in [3.05, 3.63) is 0 Å². The van der Waals surface area contributed by atoms with Gasteiger partial charge < -0.3 is 14.8 Å². The largest absolute Gasteiger partial charge is 0.453 e. The minimum Gasteiger partial charge on any atom is -0.453 e. The number of methoxy groups -OCH3 is 1. The van der Waals surface area contributed by atoms with Crippen LogP contribution >= 0.6 is 0 Å². The molecule has 86 valence electrons. The zero-order valence-corrected chi connectivity index (χ0v) is 9.12. The number of ether oxygens (including phenoxy) is 2. The summed E-state index contributed by atoms with van der Waals surface area (Å²) in [6.45, 7) is 2.42. The van der Waals surface area contributed by atoms with Gasteiger partial charge in [0.25, 0.3) is 0 Å². The number of ketones is 1. The summed E-state index contributed by atoms with van der Waals surface area (Å²) in [5.41, 5.74) is 0. The number of Topliss-reactive ketones (excluding diaryl/α,β-unsaturated/α-hetero) is 1. The molecule has 1 fully saturated rings. The van der Waals surface area contributed by atoms with Gasteiger partial charge in [-0.2, -0.15) is 0 Å². The van der Waals surface area contributed by atoms with E-state index in [0.29, 0.717) is 13.0 Å². The fraction of sp³-hybridized carbons (Fsp3) is 0.800. The van der Waals surface area contributed by atoms with Gasteiger partial charge in [-0.05, 0) is 12.8 Å². The summed E-state index contributed by atoms with van der Waals surface area (Å²) in [5, 5.41) is 2.52. The van der Waals surface area contributed by atoms with E-state index >= 15 is 0 Å². The van der Waals surface area contributed by atoms with Crippen LogP contribution in [0.4, 0.5) is 4.79 Å². The molecule has 15 heavy (non-hydrogen) atoms. The number of alkyl carbamates (subject to hydrolysis) is 1. The maximum Gasteiger partial charge on any atom is 0.407 e. The van der Waals surface area contributed by atoms with E-state index in [-0.39, 0.29) is 11.9 Å². The average Bonchev–Trinajstić information content (AvgIpc) is 2.77. The first kappa shape index (κ1) is 12.0. The maximum atomic E-state index is 11.6. The summed E-state index contributed by atoms with van der Waals surface area (Å²) < 4.78 is 9.87. The van der Waals surface area contributed by atoms with Gasteiger partial charge in [0.2, 0.25) is 0 Å². The lowest BCUT2D eigenvalue weighted by Crippen LogP contribution is -2.48. The topological polar surface area (TPSA) is 64.6 Å². The highest BCUT2D eigenvalue weighted by atomic mass is 16.5. The number of hydrogen-bond acceptors (Lipinski definition) is 4. The second kappa shape index (κ2) is 5.70. The molecular formula is C10H17NO4. The second-order valence-electron chi connectivity index (χ2n) is 3.48. The lowest BCUT2D eigenvalue weighted by Gasteiger charge is -2.21. The van der Waals surface area contributed by atoms with Crippen LogP contribution in [0.1, 0.15) is 26.2 Å². The molecule has 0 saturated carbocycles. The van der Waals surface area contributed by atoms with E-state index in [9.17, 15) is 9.59 Å². The third-order valence-corrected chi connectivity index (χ3v) is 2.49. The summed E-state index contributed by atoms with van der Waals surface area (Å²) in [4.78, 5) is 22.7. The molecule has 5 heteroatoms. The number of hydrogen-bond donors (Lipinski definition) is 1. The van der Waals surface area contributed by atoms with E-state index in [1.165, 1.54) is 7.11 Å². The molecule has 1 saturated heterocycles. The van der Waals surface area contributed by atoms with Gasteiger partial charge in [0.15, 0.2) is 5.78 Å². The van der Waals surface area contributed by atoms with Gasteiger partial charge in [-0.1, -0.05) is 6.92 Å². The van der Waals surface area contributed by atoms with Gasteiger partial charge in [-0.25, -0.2) is 4.79 Å². The van der Waals surface area contributed by atoms with Crippen LogP contribution in [0.5, 0.6) is 0 Å². The van der Waals surface area contributed by atoms with Crippen LogP contribution < -0.4 is 5.32 Å². The van der Waals surface area contributed by atoms with E-state index in [4.69, 9.17) is 4.74 Å². The lowest BCUT2D eigenvalue weighted by atomic mass is 10.0. The molecule has 0 aromatic rings. The van der Waals surface area contributed by atoms with Crippen LogP contribution in [0.3, 0.4) is 0 Å². The van der Waals surface area contributed by atoms with Crippen molar-refractivity contribution in [2.24, 2.45) is 0 Å². The first-order chi connectivity index (χ1) is 7.19. The Kier molecular flexibility index (Phi) is 4.55. The Balaban J connectivity index is 2.59. The molecule has 1 rings (SSSR count). The molecule has 2 atom stereocenters. The zero-order chi connectivity index (χ0) is 11.3. The first-order valence-corrected chi connectivity index (χ1v) is 5.17. The number of amides is 1. The smallest absolute Gasteiger partial charge is 0.407 e. The van der Waals surface area contributed by atoms with E-state index in [1.54, 1.807) is 6.92 Å². The molecule has 1 amide bonds. The van der Waals surface area contributed by atoms with Crippen molar-refractivity contribution in [2.45, 2.75) is 38.3 Å². The average molecular weight is 215 g/mol. The van der Waals surface area contributed by atoms with Gasteiger partial charge in [-0.3, -0.25) is 4.79 Å². The minimum absolute atomic E-state index is 0.0210. The summed E-state index contributed by atoms with van der Waals surface area (Å²) in [6.07, 6.45) is 1.34. The molecule has 0 radical (unpaired) electrons. The fourth-order valence-corrected chi connectivity index (χ4v) is 1.65. The Morgan fingerprint density at radius 1 is 1.60 bits per heavy atom. The summed E-state index contributed by atoms with van der Waals surface area (Å²) >= 11 is 0. The Morgan fingerprint density at radius 2 is 2.33 bits per heavy atom. The first-order valence-electron chi connectivity index (χ1n) is 5.17. The van der Waals surface area contributed by atoms with E-state index in [2.05, 4.69) is 10.1 Å². The quantitative estimate of drug-likeness (QED) is 0.755. The normalized spacial score (nSPS) is 22.1. The summed E-state index contributed by atoms with van der Waals surface area (Å²) in [7, 11) is 1.28. The van der Waals surface area contributed by atoms with Crippen LogP contribution in [0.15, 0.2) is 0 Å². The highest BCUT2D eigenvalue weighted by Crippen LogP contribution is 2.17. The van der Waals surface area contributed by atoms with Crippen molar-refractivity contribution >= 4 is 11.9 Å². The maximum absolute atomic E-state index is 11.6. The Morgan fingerprint density at radius 3 is 2.80 bits per heavy atom. The molecule has 0 aliphatic carbocycles. The molecule has 1 unspecified atom stereocenters. The van der Waals surface area contributed by atoms with Gasteiger partial charge in [0.1, 0.15) is 6.04 Å². The molecular weight excluding hydrogens is 198 g/mol. The number of nitrogens with one attached hydrogen (secondary N) is 1. The van der Waals surface area contributed by atoms with Crippen molar-refractivity contribution < 1.29 is 19.1 Å². The SMILES string of the molecule is CCC(=O)[C@@H](NC(=O)OC)C1CCCO1. The number of carbonyl (C=O) groups is 2. The highest BCUT2D eigenvalue weighted by molar-refractivity contribution is 5.87. The number of carbonyl (C=O) groups excluding carboxylic acids is 2. The fourth-order valence-electron chi connectivity index (χ4n) is 1.65. The summed E-state index contributed by atoms with van der Waals surface area (Å²) in [5.74, 6) is -0.0210. The molecule has 1 aliphatic heterocycles. The van der Waals surface area contributed by atoms with Gasteiger partial charge >= 0.3 is 6.09 Å². The standard InChI is InChI=1S/C10H17NO4/c1-3-7(12)9(11-10(13)14-2)8-5-4-6-15-8/h8-9H,3-6H2,1-2H3,(H,11,13)/t8?,9-/m1/s1. The summed E-state index contributed by atoms with van der Waals surface area (Å²) in [6, 6.07) is -0.565. The van der Waals surface area contributed by atoms with Crippen molar-refractivity contribution in [2.75, 3.05) is 13.7 Å². The third-order valence-electron chi connectivity index (χ3n) is 2.49. The third kappa shape index (κ3) is 3.20. The number of rotatable bonds is 4. The van der Waals surface area contributed by atoms with Crippen LogP contribution in [0.2, 0.25) is 0 Å². The van der Waals surface area contributed by atoms with Crippen LogP contribution in [-0.4, -0.2) is 37.7 Å². The highest BCUT2D eigenvalue weighted by Gasteiger charge is 2.31. The lowest BCUT2D eigenvalue weighted by molar-refractivity contribution is -0.123. The van der Waals surface area contributed by atoms with Gasteiger partial charge in [0, 0.05) is 13.0 Å². The second-order valence-corrected chi connectivity index (χ2v) is 3.48. The predicted molar refractivity (Wildman–Crippen MR) is 53.6 cm³/mol. The van der Waals surface area contributed by atoms with Gasteiger partial charge in [0.05, 0.1) is 13.2 Å². The molecule has 0 spiro atoms. The van der Waals surface area contributed by atoms with Gasteiger partial charge in [-0.15, -0.1) is 0 Å². The van der Waals surface area contributed by atoms with Crippen LogP contribution in [-0.2, 0) is 14.3 Å². The molecule has 1 N–H and O–H groups in total. The predicted octanol–water partition coefficient (Wildman–Crippen LogP) is 0.869. The molecule has 1 aliphatic rings. The zero-order valence-electron chi connectivity index (χ0n) is 9.12. The molecule has 5 nitrogen and oxygen atoms in total. The Labute approximate surface area is 89.1 Å². The van der Waals surface area contributed by atoms with E-state index < -0.39 is 12.1 Å².